The number of methoxy groups -OCH3 is 2. The first-order valence-electron chi connectivity index (χ1n) is 11.7. The lowest BCUT2D eigenvalue weighted by Crippen LogP contribution is -2.46. The summed E-state index contributed by atoms with van der Waals surface area (Å²) in [4.78, 5) is 19.1. The van der Waals surface area contributed by atoms with Crippen molar-refractivity contribution in [1.29, 1.82) is 0 Å². The Morgan fingerprint density at radius 2 is 1.73 bits per heavy atom. The number of hydrogen-bond acceptors (Lipinski definition) is 5. The fraction of sp³-hybridized carbons (Fsp3) is 0.667. The van der Waals surface area contributed by atoms with Crippen LogP contribution >= 0.6 is 24.0 Å². The Balaban J connectivity index is 0.00000385. The maximum atomic E-state index is 12.8. The van der Waals surface area contributed by atoms with Crippen LogP contribution in [0.15, 0.2) is 23.2 Å². The first-order chi connectivity index (χ1) is 15.6. The number of halogens is 1. The average molecular weight is 575 g/mol. The number of carbonyl (C=O) groups is 1. The Morgan fingerprint density at radius 1 is 1.06 bits per heavy atom. The molecule has 1 unspecified atom stereocenters. The Kier molecular flexibility index (Phi) is 11.9. The van der Waals surface area contributed by atoms with Crippen molar-refractivity contribution >= 4 is 35.8 Å². The van der Waals surface area contributed by atoms with Gasteiger partial charge in [0.1, 0.15) is 17.2 Å². The summed E-state index contributed by atoms with van der Waals surface area (Å²) in [5.74, 6) is 3.49. The first kappa shape index (κ1) is 27.3. The van der Waals surface area contributed by atoms with Crippen LogP contribution in [0, 0.1) is 5.92 Å². The number of likely N-dealkylation sites (tertiary alicyclic amines) is 1. The third-order valence-corrected chi connectivity index (χ3v) is 6.23. The lowest BCUT2D eigenvalue weighted by Gasteiger charge is -2.26. The standard InChI is InChI=1S/C24H38N4O4.HI/c1-25-24(26-11-7-13-32-22-15-20(30-2)14-21(16-22)31-3)27-19-10-12-28(17-19)23(29)18-8-5-4-6-9-18;/h14-16,18-19H,4-13,17H2,1-3H3,(H2,25,26,27);1H. The number of rotatable bonds is 9. The molecule has 2 aliphatic rings. The van der Waals surface area contributed by atoms with Crippen molar-refractivity contribution in [3.63, 3.8) is 0 Å². The Bertz CT molecular complexity index is 749. The highest BCUT2D eigenvalue weighted by molar-refractivity contribution is 14.0. The van der Waals surface area contributed by atoms with Crippen LogP contribution in [0.4, 0.5) is 0 Å². The maximum Gasteiger partial charge on any atom is 0.225 e. The van der Waals surface area contributed by atoms with Gasteiger partial charge in [0.05, 0.1) is 20.8 Å². The van der Waals surface area contributed by atoms with Crippen LogP contribution in [0.1, 0.15) is 44.9 Å². The number of nitrogens with one attached hydrogen (secondary N) is 2. The van der Waals surface area contributed by atoms with Crippen molar-refractivity contribution in [3.8, 4) is 17.2 Å². The van der Waals surface area contributed by atoms with E-state index in [1.54, 1.807) is 21.3 Å². The molecule has 0 aromatic heterocycles. The van der Waals surface area contributed by atoms with E-state index in [1.165, 1.54) is 19.3 Å². The number of carbonyl (C=O) groups excluding carboxylic acids is 1. The van der Waals surface area contributed by atoms with Crippen molar-refractivity contribution in [2.75, 3.05) is 47.5 Å². The van der Waals surface area contributed by atoms with Crippen molar-refractivity contribution < 1.29 is 19.0 Å². The molecule has 0 bridgehead atoms. The van der Waals surface area contributed by atoms with E-state index >= 15 is 0 Å². The van der Waals surface area contributed by atoms with Gasteiger partial charge in [0.2, 0.25) is 5.91 Å². The van der Waals surface area contributed by atoms with Crippen molar-refractivity contribution in [1.82, 2.24) is 15.5 Å². The molecule has 8 nitrogen and oxygen atoms in total. The Morgan fingerprint density at radius 3 is 2.36 bits per heavy atom. The molecule has 0 radical (unpaired) electrons. The molecule has 1 heterocycles. The molecule has 3 rings (SSSR count). The van der Waals surface area contributed by atoms with E-state index in [4.69, 9.17) is 14.2 Å². The fourth-order valence-corrected chi connectivity index (χ4v) is 4.41. The van der Waals surface area contributed by atoms with Gasteiger partial charge in [-0.05, 0) is 25.7 Å². The zero-order valence-corrected chi connectivity index (χ0v) is 22.4. The number of ether oxygens (including phenoxy) is 3. The lowest BCUT2D eigenvalue weighted by molar-refractivity contribution is -0.135. The lowest BCUT2D eigenvalue weighted by atomic mass is 9.88. The van der Waals surface area contributed by atoms with Crippen LogP contribution in [0.3, 0.4) is 0 Å². The highest BCUT2D eigenvalue weighted by Gasteiger charge is 2.31. The smallest absolute Gasteiger partial charge is 0.225 e. The SMILES string of the molecule is CN=C(NCCCOc1cc(OC)cc(OC)c1)NC1CCN(C(=O)C2CCCCC2)C1.I. The molecule has 2 N–H and O–H groups in total. The molecule has 9 heteroatoms. The number of hydrogen-bond donors (Lipinski definition) is 2. The molecule has 2 fully saturated rings. The zero-order valence-electron chi connectivity index (χ0n) is 20.1. The molecule has 1 amide bonds. The van der Waals surface area contributed by atoms with Crippen LogP contribution in [0.2, 0.25) is 0 Å². The average Bonchev–Trinajstić information content (AvgIpc) is 3.31. The molecule has 1 aromatic carbocycles. The predicted molar refractivity (Wildman–Crippen MR) is 141 cm³/mol. The van der Waals surface area contributed by atoms with Gasteiger partial charge in [0, 0.05) is 56.8 Å². The molecule has 33 heavy (non-hydrogen) atoms. The zero-order chi connectivity index (χ0) is 22.8. The summed E-state index contributed by atoms with van der Waals surface area (Å²) in [5.41, 5.74) is 0. The summed E-state index contributed by atoms with van der Waals surface area (Å²) < 4.78 is 16.4. The molecule has 1 aliphatic carbocycles. The summed E-state index contributed by atoms with van der Waals surface area (Å²) in [5, 5.41) is 6.80. The minimum atomic E-state index is 0. The molecular formula is C24H39IN4O4. The normalized spacial score (nSPS) is 18.9. The predicted octanol–water partition coefficient (Wildman–Crippen LogP) is 3.44. The summed E-state index contributed by atoms with van der Waals surface area (Å²) in [6, 6.07) is 5.75. The topological polar surface area (TPSA) is 84.4 Å². The maximum absolute atomic E-state index is 12.8. The summed E-state index contributed by atoms with van der Waals surface area (Å²) in [6.45, 7) is 2.89. The molecule has 1 atom stereocenters. The third kappa shape index (κ3) is 8.42. The molecule has 1 aromatic rings. The molecule has 1 saturated carbocycles. The molecular weight excluding hydrogens is 535 g/mol. The van der Waals surface area contributed by atoms with Gasteiger partial charge in [0.25, 0.3) is 0 Å². The van der Waals surface area contributed by atoms with Gasteiger partial charge in [-0.2, -0.15) is 0 Å². The van der Waals surface area contributed by atoms with Gasteiger partial charge in [-0.1, -0.05) is 19.3 Å². The van der Waals surface area contributed by atoms with E-state index in [0.29, 0.717) is 24.0 Å². The molecule has 186 valence electrons. The highest BCUT2D eigenvalue weighted by Crippen LogP contribution is 2.28. The van der Waals surface area contributed by atoms with Crippen LogP contribution < -0.4 is 24.8 Å². The van der Waals surface area contributed by atoms with Gasteiger partial charge in [0.15, 0.2) is 5.96 Å². The van der Waals surface area contributed by atoms with Crippen LogP contribution in [0.5, 0.6) is 17.2 Å². The van der Waals surface area contributed by atoms with Crippen molar-refractivity contribution in [3.05, 3.63) is 18.2 Å². The quantitative estimate of drug-likeness (QED) is 0.204. The van der Waals surface area contributed by atoms with Gasteiger partial charge >= 0.3 is 0 Å². The summed E-state index contributed by atoms with van der Waals surface area (Å²) in [7, 11) is 5.02. The highest BCUT2D eigenvalue weighted by atomic mass is 127. The number of nitrogens with zero attached hydrogens (tertiary/aromatic N) is 2. The molecule has 0 spiro atoms. The Labute approximate surface area is 214 Å². The second-order valence-corrected chi connectivity index (χ2v) is 8.50. The number of aliphatic imine (C=N–C) groups is 1. The van der Waals surface area contributed by atoms with Crippen molar-refractivity contribution in [2.45, 2.75) is 51.0 Å². The first-order valence-corrected chi connectivity index (χ1v) is 11.7. The summed E-state index contributed by atoms with van der Waals surface area (Å²) in [6.07, 6.45) is 7.55. The number of amides is 1. The van der Waals surface area contributed by atoms with E-state index in [9.17, 15) is 4.79 Å². The number of benzene rings is 1. The Hall–Kier alpha value is -1.91. The monoisotopic (exact) mass is 574 g/mol. The second kappa shape index (κ2) is 14.4. The molecule has 1 aliphatic heterocycles. The minimum Gasteiger partial charge on any atom is -0.496 e. The van der Waals surface area contributed by atoms with E-state index in [-0.39, 0.29) is 35.9 Å². The van der Waals surface area contributed by atoms with Crippen LogP contribution in [-0.4, -0.2) is 70.3 Å². The fourth-order valence-electron chi connectivity index (χ4n) is 4.41. The molecule has 1 saturated heterocycles. The van der Waals surface area contributed by atoms with Gasteiger partial charge < -0.3 is 29.7 Å². The van der Waals surface area contributed by atoms with E-state index in [0.717, 1.165) is 57.0 Å². The minimum absolute atomic E-state index is 0. The van der Waals surface area contributed by atoms with Gasteiger partial charge in [-0.3, -0.25) is 9.79 Å². The van der Waals surface area contributed by atoms with E-state index < -0.39 is 0 Å². The number of guanidine groups is 1. The summed E-state index contributed by atoms with van der Waals surface area (Å²) >= 11 is 0. The van der Waals surface area contributed by atoms with Crippen LogP contribution in [0.25, 0.3) is 0 Å². The largest absolute Gasteiger partial charge is 0.496 e. The van der Waals surface area contributed by atoms with Crippen LogP contribution in [-0.2, 0) is 4.79 Å². The van der Waals surface area contributed by atoms with E-state index in [2.05, 4.69) is 15.6 Å². The van der Waals surface area contributed by atoms with Crippen molar-refractivity contribution in [2.24, 2.45) is 10.9 Å². The van der Waals surface area contributed by atoms with Gasteiger partial charge in [-0.25, -0.2) is 0 Å². The van der Waals surface area contributed by atoms with E-state index in [1.807, 2.05) is 23.1 Å². The van der Waals surface area contributed by atoms with Gasteiger partial charge in [-0.15, -0.1) is 24.0 Å². The third-order valence-electron chi connectivity index (χ3n) is 6.23. The second-order valence-electron chi connectivity index (χ2n) is 8.50.